The molecule has 0 spiro atoms. The number of likely N-dealkylation sites (tertiary alicyclic amines) is 1. The Labute approximate surface area is 153 Å². The SMILES string of the molecule is CC#CC(=O)NC1CCN(C(=O)c2cc(-c3ccc(CC)cc3)n[nH]2)C1. The van der Waals surface area contributed by atoms with E-state index in [9.17, 15) is 9.59 Å². The highest BCUT2D eigenvalue weighted by atomic mass is 16.2. The average Bonchev–Trinajstić information content (AvgIpc) is 3.31. The monoisotopic (exact) mass is 350 g/mol. The van der Waals surface area contributed by atoms with E-state index in [2.05, 4.69) is 46.4 Å². The Morgan fingerprint density at radius 3 is 2.81 bits per heavy atom. The number of carbonyl (C=O) groups excluding carboxylic acids is 2. The molecule has 1 saturated heterocycles. The zero-order valence-electron chi connectivity index (χ0n) is 15.0. The summed E-state index contributed by atoms with van der Waals surface area (Å²) in [4.78, 5) is 25.9. The Balaban J connectivity index is 1.64. The van der Waals surface area contributed by atoms with Crippen molar-refractivity contribution in [2.24, 2.45) is 0 Å². The number of benzene rings is 1. The number of rotatable bonds is 4. The van der Waals surface area contributed by atoms with Gasteiger partial charge < -0.3 is 10.2 Å². The van der Waals surface area contributed by atoms with Gasteiger partial charge in [-0.2, -0.15) is 5.10 Å². The molecular weight excluding hydrogens is 328 g/mol. The number of hydrogen-bond donors (Lipinski definition) is 2. The number of aryl methyl sites for hydroxylation is 1. The third kappa shape index (κ3) is 3.94. The topological polar surface area (TPSA) is 78.1 Å². The molecule has 0 aliphatic carbocycles. The van der Waals surface area contributed by atoms with E-state index in [-0.39, 0.29) is 17.9 Å². The first-order valence-corrected chi connectivity index (χ1v) is 8.78. The normalized spacial score (nSPS) is 16.1. The number of amides is 2. The summed E-state index contributed by atoms with van der Waals surface area (Å²) < 4.78 is 0. The molecule has 2 N–H and O–H groups in total. The number of hydrogen-bond acceptors (Lipinski definition) is 3. The van der Waals surface area contributed by atoms with E-state index in [0.29, 0.717) is 18.8 Å². The fraction of sp³-hybridized carbons (Fsp3) is 0.350. The molecule has 2 heterocycles. The molecule has 134 valence electrons. The van der Waals surface area contributed by atoms with Crippen LogP contribution in [0, 0.1) is 11.8 Å². The summed E-state index contributed by atoms with van der Waals surface area (Å²) in [7, 11) is 0. The predicted octanol–water partition coefficient (Wildman–Crippen LogP) is 1.99. The lowest BCUT2D eigenvalue weighted by Crippen LogP contribution is -2.38. The Bertz CT molecular complexity index is 858. The fourth-order valence-corrected chi connectivity index (χ4v) is 3.06. The van der Waals surface area contributed by atoms with Gasteiger partial charge in [-0.1, -0.05) is 37.1 Å². The predicted molar refractivity (Wildman–Crippen MR) is 99.3 cm³/mol. The standard InChI is InChI=1S/C20H22N4O2/c1-3-5-19(25)21-16-10-11-24(13-16)20(26)18-12-17(22-23-18)15-8-6-14(4-2)7-9-15/h6-9,12,16H,4,10-11,13H2,1-2H3,(H,21,25)(H,22,23). The lowest BCUT2D eigenvalue weighted by Gasteiger charge is -2.15. The third-order valence-electron chi connectivity index (χ3n) is 4.52. The zero-order chi connectivity index (χ0) is 18.5. The van der Waals surface area contributed by atoms with Gasteiger partial charge in [-0.25, -0.2) is 0 Å². The quantitative estimate of drug-likeness (QED) is 0.828. The first-order chi connectivity index (χ1) is 12.6. The number of aromatic nitrogens is 2. The van der Waals surface area contributed by atoms with E-state index in [1.54, 1.807) is 17.9 Å². The van der Waals surface area contributed by atoms with Crippen LogP contribution >= 0.6 is 0 Å². The Morgan fingerprint density at radius 2 is 2.12 bits per heavy atom. The minimum absolute atomic E-state index is 0.0590. The molecule has 3 rings (SSSR count). The van der Waals surface area contributed by atoms with Crippen LogP contribution in [0.2, 0.25) is 0 Å². The molecule has 0 saturated carbocycles. The van der Waals surface area contributed by atoms with Crippen LogP contribution in [0.4, 0.5) is 0 Å². The molecule has 1 fully saturated rings. The summed E-state index contributed by atoms with van der Waals surface area (Å²) in [5.41, 5.74) is 3.44. The average molecular weight is 350 g/mol. The maximum absolute atomic E-state index is 12.7. The van der Waals surface area contributed by atoms with Gasteiger partial charge in [0.25, 0.3) is 11.8 Å². The van der Waals surface area contributed by atoms with Crippen molar-refractivity contribution in [1.82, 2.24) is 20.4 Å². The number of H-pyrrole nitrogens is 1. The van der Waals surface area contributed by atoms with E-state index < -0.39 is 0 Å². The Morgan fingerprint density at radius 1 is 1.35 bits per heavy atom. The zero-order valence-corrected chi connectivity index (χ0v) is 15.0. The molecule has 1 unspecified atom stereocenters. The van der Waals surface area contributed by atoms with Crippen LogP contribution in [-0.4, -0.2) is 46.0 Å². The summed E-state index contributed by atoms with van der Waals surface area (Å²) in [5, 5.41) is 9.93. The second-order valence-corrected chi connectivity index (χ2v) is 6.30. The van der Waals surface area contributed by atoms with Gasteiger partial charge >= 0.3 is 0 Å². The first kappa shape index (κ1) is 17.7. The molecule has 1 aromatic heterocycles. The van der Waals surface area contributed by atoms with Crippen molar-refractivity contribution in [3.8, 4) is 23.1 Å². The van der Waals surface area contributed by atoms with Crippen LogP contribution in [-0.2, 0) is 11.2 Å². The van der Waals surface area contributed by atoms with E-state index in [0.717, 1.165) is 24.1 Å². The molecule has 26 heavy (non-hydrogen) atoms. The lowest BCUT2D eigenvalue weighted by molar-refractivity contribution is -0.116. The largest absolute Gasteiger partial charge is 0.341 e. The number of nitrogens with one attached hydrogen (secondary N) is 2. The summed E-state index contributed by atoms with van der Waals surface area (Å²) in [6, 6.07) is 9.88. The van der Waals surface area contributed by atoms with Gasteiger partial charge in [0.05, 0.1) is 5.69 Å². The summed E-state index contributed by atoms with van der Waals surface area (Å²) in [6.45, 7) is 4.81. The van der Waals surface area contributed by atoms with Crippen LogP contribution < -0.4 is 5.32 Å². The fourth-order valence-electron chi connectivity index (χ4n) is 3.06. The van der Waals surface area contributed by atoms with E-state index in [4.69, 9.17) is 0 Å². The molecule has 0 radical (unpaired) electrons. The highest BCUT2D eigenvalue weighted by molar-refractivity contribution is 5.95. The molecular formula is C20H22N4O2. The Kier molecular flexibility index (Phi) is 5.37. The van der Waals surface area contributed by atoms with E-state index in [1.165, 1.54) is 5.56 Å². The van der Waals surface area contributed by atoms with Crippen LogP contribution in [0.1, 0.15) is 36.3 Å². The van der Waals surface area contributed by atoms with Gasteiger partial charge in [0.15, 0.2) is 0 Å². The molecule has 0 bridgehead atoms. The van der Waals surface area contributed by atoms with Crippen molar-refractivity contribution in [2.75, 3.05) is 13.1 Å². The summed E-state index contributed by atoms with van der Waals surface area (Å²) in [5.74, 6) is 4.62. The second kappa shape index (κ2) is 7.87. The van der Waals surface area contributed by atoms with Gasteiger partial charge in [-0.15, -0.1) is 0 Å². The van der Waals surface area contributed by atoms with Crippen molar-refractivity contribution in [2.45, 2.75) is 32.7 Å². The maximum atomic E-state index is 12.7. The number of nitrogens with zero attached hydrogens (tertiary/aromatic N) is 2. The Hall–Kier alpha value is -3.07. The van der Waals surface area contributed by atoms with Crippen molar-refractivity contribution in [3.05, 3.63) is 41.6 Å². The van der Waals surface area contributed by atoms with Gasteiger partial charge in [0.1, 0.15) is 5.69 Å². The smallest absolute Gasteiger partial charge is 0.296 e. The van der Waals surface area contributed by atoms with Crippen LogP contribution in [0.5, 0.6) is 0 Å². The van der Waals surface area contributed by atoms with Crippen molar-refractivity contribution in [3.63, 3.8) is 0 Å². The molecule has 6 heteroatoms. The second-order valence-electron chi connectivity index (χ2n) is 6.30. The van der Waals surface area contributed by atoms with Crippen LogP contribution in [0.3, 0.4) is 0 Å². The van der Waals surface area contributed by atoms with Crippen LogP contribution in [0.25, 0.3) is 11.3 Å². The van der Waals surface area contributed by atoms with Gasteiger partial charge in [0, 0.05) is 24.7 Å². The van der Waals surface area contributed by atoms with Crippen molar-refractivity contribution in [1.29, 1.82) is 0 Å². The molecule has 1 aromatic carbocycles. The molecule has 1 aliphatic rings. The van der Waals surface area contributed by atoms with Crippen LogP contribution in [0.15, 0.2) is 30.3 Å². The number of carbonyl (C=O) groups is 2. The van der Waals surface area contributed by atoms with Gasteiger partial charge in [0.2, 0.25) is 0 Å². The number of aromatic amines is 1. The molecule has 1 aliphatic heterocycles. The van der Waals surface area contributed by atoms with Gasteiger partial charge in [-0.3, -0.25) is 14.7 Å². The summed E-state index contributed by atoms with van der Waals surface area (Å²) >= 11 is 0. The highest BCUT2D eigenvalue weighted by Crippen LogP contribution is 2.20. The molecule has 1 atom stereocenters. The maximum Gasteiger partial charge on any atom is 0.296 e. The van der Waals surface area contributed by atoms with E-state index >= 15 is 0 Å². The highest BCUT2D eigenvalue weighted by Gasteiger charge is 2.28. The minimum Gasteiger partial charge on any atom is -0.341 e. The minimum atomic E-state index is -0.300. The molecule has 2 amide bonds. The third-order valence-corrected chi connectivity index (χ3v) is 4.52. The van der Waals surface area contributed by atoms with Crippen molar-refractivity contribution >= 4 is 11.8 Å². The van der Waals surface area contributed by atoms with E-state index in [1.807, 2.05) is 12.1 Å². The summed E-state index contributed by atoms with van der Waals surface area (Å²) in [6.07, 6.45) is 1.71. The van der Waals surface area contributed by atoms with Crippen molar-refractivity contribution < 1.29 is 9.59 Å². The van der Waals surface area contributed by atoms with Gasteiger partial charge in [-0.05, 0) is 37.3 Å². The first-order valence-electron chi connectivity index (χ1n) is 8.78. The molecule has 6 nitrogen and oxygen atoms in total. The molecule has 2 aromatic rings. The lowest BCUT2D eigenvalue weighted by atomic mass is 10.1.